The van der Waals surface area contributed by atoms with Crippen LogP contribution in [0.5, 0.6) is 0 Å². The van der Waals surface area contributed by atoms with Crippen molar-refractivity contribution in [1.29, 1.82) is 0 Å². The van der Waals surface area contributed by atoms with Gasteiger partial charge in [0, 0.05) is 16.3 Å². The number of thiophene rings is 1. The molecule has 0 aliphatic carbocycles. The summed E-state index contributed by atoms with van der Waals surface area (Å²) in [6.07, 6.45) is 1.02. The molecule has 0 fully saturated rings. The zero-order chi connectivity index (χ0) is 16.5. The van der Waals surface area contributed by atoms with Gasteiger partial charge in [-0.2, -0.15) is 0 Å². The zero-order valence-electron chi connectivity index (χ0n) is 13.4. The van der Waals surface area contributed by atoms with Crippen LogP contribution in [0.1, 0.15) is 5.56 Å². The highest BCUT2D eigenvalue weighted by Gasteiger charge is 2.11. The second-order valence-corrected chi connectivity index (χ2v) is 6.81. The lowest BCUT2D eigenvalue weighted by Gasteiger charge is -2.09. The summed E-state index contributed by atoms with van der Waals surface area (Å²) in [5.74, 6) is 0. The molecule has 4 heteroatoms. The number of aromatic nitrogens is 1. The standard InChI is InChI=1S/C20H18N2OS/c1-21-11-9-13-5-7-14(8-6-13)15-3-2-4-17-18(15)16-10-12-24-19(16)20(23)22-17/h2-8,10,12,21H,9,11H2,1H3,(H,22,23). The molecule has 0 saturated carbocycles. The van der Waals surface area contributed by atoms with E-state index in [1.165, 1.54) is 22.5 Å². The lowest BCUT2D eigenvalue weighted by atomic mass is 9.97. The van der Waals surface area contributed by atoms with Crippen LogP contribution in [-0.4, -0.2) is 18.6 Å². The van der Waals surface area contributed by atoms with E-state index < -0.39 is 0 Å². The van der Waals surface area contributed by atoms with Gasteiger partial charge in [0.05, 0.1) is 0 Å². The molecule has 0 amide bonds. The quantitative estimate of drug-likeness (QED) is 0.588. The molecule has 24 heavy (non-hydrogen) atoms. The number of hydrogen-bond donors (Lipinski definition) is 2. The Morgan fingerprint density at radius 2 is 1.92 bits per heavy atom. The van der Waals surface area contributed by atoms with Crippen molar-refractivity contribution < 1.29 is 0 Å². The predicted molar refractivity (Wildman–Crippen MR) is 103 cm³/mol. The van der Waals surface area contributed by atoms with E-state index in [4.69, 9.17) is 0 Å². The molecule has 0 unspecified atom stereocenters. The van der Waals surface area contributed by atoms with E-state index in [-0.39, 0.29) is 5.56 Å². The molecular formula is C20H18N2OS. The minimum atomic E-state index is -0.00735. The zero-order valence-corrected chi connectivity index (χ0v) is 14.2. The van der Waals surface area contributed by atoms with Crippen LogP contribution in [0.15, 0.2) is 58.7 Å². The number of pyridine rings is 1. The molecule has 4 rings (SSSR count). The second-order valence-electron chi connectivity index (χ2n) is 5.90. The van der Waals surface area contributed by atoms with Crippen LogP contribution < -0.4 is 10.9 Å². The molecule has 2 heterocycles. The molecule has 0 atom stereocenters. The molecule has 120 valence electrons. The highest BCUT2D eigenvalue weighted by Crippen LogP contribution is 2.33. The van der Waals surface area contributed by atoms with E-state index in [1.54, 1.807) is 0 Å². The third-order valence-electron chi connectivity index (χ3n) is 4.38. The van der Waals surface area contributed by atoms with Crippen molar-refractivity contribution in [2.75, 3.05) is 13.6 Å². The number of H-pyrrole nitrogens is 1. The lowest BCUT2D eigenvalue weighted by molar-refractivity contribution is 0.792. The molecule has 2 aromatic heterocycles. The van der Waals surface area contributed by atoms with E-state index in [0.717, 1.165) is 39.5 Å². The number of fused-ring (bicyclic) bond motifs is 3. The third-order valence-corrected chi connectivity index (χ3v) is 5.30. The van der Waals surface area contributed by atoms with Gasteiger partial charge in [-0.05, 0) is 54.2 Å². The van der Waals surface area contributed by atoms with Crippen LogP contribution in [0.25, 0.3) is 32.1 Å². The average Bonchev–Trinajstić information content (AvgIpc) is 3.10. The summed E-state index contributed by atoms with van der Waals surface area (Å²) in [4.78, 5) is 15.2. The van der Waals surface area contributed by atoms with Crippen LogP contribution >= 0.6 is 11.3 Å². The van der Waals surface area contributed by atoms with E-state index in [2.05, 4.69) is 40.6 Å². The Labute approximate surface area is 144 Å². The van der Waals surface area contributed by atoms with E-state index in [9.17, 15) is 4.79 Å². The van der Waals surface area contributed by atoms with Crippen LogP contribution in [0.4, 0.5) is 0 Å². The van der Waals surface area contributed by atoms with E-state index in [0.29, 0.717) is 0 Å². The Hall–Kier alpha value is -2.43. The minimum absolute atomic E-state index is 0.00735. The van der Waals surface area contributed by atoms with Gasteiger partial charge < -0.3 is 10.3 Å². The molecule has 2 aromatic carbocycles. The van der Waals surface area contributed by atoms with Gasteiger partial charge in [-0.3, -0.25) is 4.79 Å². The monoisotopic (exact) mass is 334 g/mol. The summed E-state index contributed by atoms with van der Waals surface area (Å²) >= 11 is 1.49. The molecule has 2 N–H and O–H groups in total. The summed E-state index contributed by atoms with van der Waals surface area (Å²) in [5.41, 5.74) is 4.54. The number of rotatable bonds is 4. The Morgan fingerprint density at radius 1 is 1.08 bits per heavy atom. The summed E-state index contributed by atoms with van der Waals surface area (Å²) < 4.78 is 0.792. The topological polar surface area (TPSA) is 44.9 Å². The fraction of sp³-hybridized carbons (Fsp3) is 0.150. The van der Waals surface area contributed by atoms with Crippen molar-refractivity contribution in [2.24, 2.45) is 0 Å². The fourth-order valence-corrected chi connectivity index (χ4v) is 3.96. The first-order chi connectivity index (χ1) is 11.8. The maximum Gasteiger partial charge on any atom is 0.266 e. The van der Waals surface area contributed by atoms with Crippen molar-refractivity contribution >= 4 is 32.3 Å². The van der Waals surface area contributed by atoms with E-state index in [1.807, 2.05) is 30.6 Å². The van der Waals surface area contributed by atoms with Crippen LogP contribution in [-0.2, 0) is 6.42 Å². The van der Waals surface area contributed by atoms with Crippen LogP contribution in [0.3, 0.4) is 0 Å². The van der Waals surface area contributed by atoms with Crippen molar-refractivity contribution in [1.82, 2.24) is 10.3 Å². The van der Waals surface area contributed by atoms with Crippen molar-refractivity contribution in [2.45, 2.75) is 6.42 Å². The molecular weight excluding hydrogens is 316 g/mol. The normalized spacial score (nSPS) is 11.4. The van der Waals surface area contributed by atoms with Gasteiger partial charge in [-0.1, -0.05) is 36.4 Å². The smallest absolute Gasteiger partial charge is 0.266 e. The predicted octanol–water partition coefficient (Wildman–Crippen LogP) is 4.17. The Kier molecular flexibility index (Phi) is 3.92. The van der Waals surface area contributed by atoms with Crippen LogP contribution in [0, 0.1) is 0 Å². The van der Waals surface area contributed by atoms with Crippen LogP contribution in [0.2, 0.25) is 0 Å². The van der Waals surface area contributed by atoms with Gasteiger partial charge in [-0.25, -0.2) is 0 Å². The summed E-state index contributed by atoms with van der Waals surface area (Å²) in [6, 6.07) is 16.8. The summed E-state index contributed by atoms with van der Waals surface area (Å²) in [7, 11) is 1.97. The van der Waals surface area contributed by atoms with Gasteiger partial charge in [0.2, 0.25) is 0 Å². The van der Waals surface area contributed by atoms with Gasteiger partial charge in [0.15, 0.2) is 0 Å². The fourth-order valence-electron chi connectivity index (χ4n) is 3.17. The molecule has 0 radical (unpaired) electrons. The maximum absolute atomic E-state index is 12.2. The van der Waals surface area contributed by atoms with Crippen molar-refractivity contribution in [3.63, 3.8) is 0 Å². The molecule has 3 nitrogen and oxygen atoms in total. The van der Waals surface area contributed by atoms with Gasteiger partial charge in [0.25, 0.3) is 5.56 Å². The molecule has 0 bridgehead atoms. The van der Waals surface area contributed by atoms with Gasteiger partial charge in [0.1, 0.15) is 4.70 Å². The van der Waals surface area contributed by atoms with Crippen molar-refractivity contribution in [3.8, 4) is 11.1 Å². The van der Waals surface area contributed by atoms with Gasteiger partial charge in [-0.15, -0.1) is 11.3 Å². The average molecular weight is 334 g/mol. The van der Waals surface area contributed by atoms with E-state index >= 15 is 0 Å². The number of nitrogens with one attached hydrogen (secondary N) is 2. The maximum atomic E-state index is 12.2. The molecule has 0 saturated heterocycles. The molecule has 0 aliphatic rings. The highest BCUT2D eigenvalue weighted by molar-refractivity contribution is 7.17. The minimum Gasteiger partial charge on any atom is -0.321 e. The summed E-state index contributed by atoms with van der Waals surface area (Å²) in [5, 5.41) is 7.32. The highest BCUT2D eigenvalue weighted by atomic mass is 32.1. The molecule has 0 aliphatic heterocycles. The molecule has 0 spiro atoms. The third kappa shape index (κ3) is 2.54. The van der Waals surface area contributed by atoms with Gasteiger partial charge >= 0.3 is 0 Å². The number of benzene rings is 2. The first kappa shape index (κ1) is 15.1. The lowest BCUT2D eigenvalue weighted by Crippen LogP contribution is -2.10. The second kappa shape index (κ2) is 6.23. The Morgan fingerprint density at radius 3 is 2.71 bits per heavy atom. The SMILES string of the molecule is CNCCc1ccc(-c2cccc3[nH]c(=O)c4sccc4c23)cc1. The first-order valence-electron chi connectivity index (χ1n) is 8.04. The first-order valence-corrected chi connectivity index (χ1v) is 8.92. The number of aromatic amines is 1. The Balaban J connectivity index is 1.90. The van der Waals surface area contributed by atoms with Crippen molar-refractivity contribution in [3.05, 3.63) is 69.8 Å². The number of likely N-dealkylation sites (N-methyl/N-ethyl adjacent to an activating group) is 1. The largest absolute Gasteiger partial charge is 0.321 e. The number of hydrogen-bond acceptors (Lipinski definition) is 3. The Bertz CT molecular complexity index is 1060. The summed E-state index contributed by atoms with van der Waals surface area (Å²) in [6.45, 7) is 0.977. The molecule has 4 aromatic rings.